The molecule has 2 heterocycles. The quantitative estimate of drug-likeness (QED) is 0.838. The van der Waals surface area contributed by atoms with Crippen molar-refractivity contribution in [2.75, 3.05) is 13.1 Å². The number of hydrogen-bond donors (Lipinski definition) is 2. The van der Waals surface area contributed by atoms with Crippen molar-refractivity contribution in [1.82, 2.24) is 5.32 Å². The fourth-order valence-corrected chi connectivity index (χ4v) is 3.67. The van der Waals surface area contributed by atoms with E-state index in [4.69, 9.17) is 12.3 Å². The van der Waals surface area contributed by atoms with Crippen LogP contribution in [0.15, 0.2) is 40.7 Å². The smallest absolute Gasteiger partial charge is 0.187 e. The lowest BCUT2D eigenvalue weighted by Gasteiger charge is -2.26. The van der Waals surface area contributed by atoms with Crippen LogP contribution in [0.4, 0.5) is 5.69 Å². The molecule has 0 fully saturated rings. The van der Waals surface area contributed by atoms with E-state index in [1.54, 1.807) is 11.3 Å². The van der Waals surface area contributed by atoms with E-state index in [9.17, 15) is 0 Å². The van der Waals surface area contributed by atoms with Crippen LogP contribution < -0.4 is 11.1 Å². The van der Waals surface area contributed by atoms with Gasteiger partial charge in [-0.05, 0) is 42.0 Å². The number of nitrogens with two attached hydrogens (primary N) is 1. The lowest BCUT2D eigenvalue weighted by Crippen LogP contribution is -2.40. The van der Waals surface area contributed by atoms with E-state index < -0.39 is 5.54 Å². The Labute approximate surface area is 140 Å². The summed E-state index contributed by atoms with van der Waals surface area (Å²) in [6, 6.07) is 9.82. The van der Waals surface area contributed by atoms with Gasteiger partial charge in [-0.15, -0.1) is 11.3 Å². The van der Waals surface area contributed by atoms with Crippen molar-refractivity contribution in [3.05, 3.63) is 52.0 Å². The highest BCUT2D eigenvalue weighted by atomic mass is 32.1. The first kappa shape index (κ1) is 15.7. The molecular weight excluding hydrogens is 304 g/mol. The average molecular weight is 324 g/mol. The van der Waals surface area contributed by atoms with Gasteiger partial charge in [-0.3, -0.25) is 4.99 Å². The summed E-state index contributed by atoms with van der Waals surface area (Å²) in [7, 11) is 0. The number of rotatable bonds is 4. The third-order valence-corrected chi connectivity index (χ3v) is 5.18. The van der Waals surface area contributed by atoms with Gasteiger partial charge in [0.25, 0.3) is 0 Å². The molecule has 3 N–H and O–H groups in total. The predicted octanol–water partition coefficient (Wildman–Crippen LogP) is 3.92. The highest BCUT2D eigenvalue weighted by Crippen LogP contribution is 2.34. The van der Waals surface area contributed by atoms with E-state index in [0.29, 0.717) is 5.69 Å². The van der Waals surface area contributed by atoms with Crippen molar-refractivity contribution >= 4 is 22.9 Å². The van der Waals surface area contributed by atoms with Gasteiger partial charge in [0, 0.05) is 24.4 Å². The number of nitrogens with one attached hydrogen (secondary N) is 1. The topological polar surface area (TPSA) is 54.8 Å². The molecule has 1 aromatic heterocycles. The third kappa shape index (κ3) is 3.61. The maximum Gasteiger partial charge on any atom is 0.187 e. The Balaban J connectivity index is 1.82. The summed E-state index contributed by atoms with van der Waals surface area (Å²) in [6.45, 7) is 11.1. The molecular formula is C18H20N4S. The van der Waals surface area contributed by atoms with Gasteiger partial charge in [0.15, 0.2) is 5.69 Å². The van der Waals surface area contributed by atoms with Crippen molar-refractivity contribution in [2.24, 2.45) is 10.7 Å². The van der Waals surface area contributed by atoms with Gasteiger partial charge in [-0.2, -0.15) is 0 Å². The zero-order chi connectivity index (χ0) is 16.3. The Morgan fingerprint density at radius 3 is 3.00 bits per heavy atom. The summed E-state index contributed by atoms with van der Waals surface area (Å²) in [5.74, 6) is 1.01. The zero-order valence-corrected chi connectivity index (χ0v) is 14.0. The Kier molecular flexibility index (Phi) is 4.46. The molecule has 0 unspecified atom stereocenters. The number of aliphatic imine (C=N–C) groups is 1. The summed E-state index contributed by atoms with van der Waals surface area (Å²) in [6.07, 6.45) is 1.81. The van der Waals surface area contributed by atoms with E-state index in [1.165, 1.54) is 0 Å². The van der Waals surface area contributed by atoms with Crippen molar-refractivity contribution in [2.45, 2.75) is 25.3 Å². The number of benzene rings is 1. The van der Waals surface area contributed by atoms with Crippen LogP contribution in [0.25, 0.3) is 16.0 Å². The predicted molar refractivity (Wildman–Crippen MR) is 97.1 cm³/mol. The molecule has 1 aliphatic rings. The maximum absolute atomic E-state index is 7.14. The van der Waals surface area contributed by atoms with Gasteiger partial charge in [-0.1, -0.05) is 18.2 Å². The fraction of sp³-hybridized carbons (Fsp3) is 0.333. The minimum atomic E-state index is -0.441. The first-order chi connectivity index (χ1) is 11.1. The van der Waals surface area contributed by atoms with Gasteiger partial charge in [0.05, 0.1) is 17.9 Å². The average Bonchev–Trinajstić information content (AvgIpc) is 3.06. The molecule has 4 nitrogen and oxygen atoms in total. The van der Waals surface area contributed by atoms with E-state index in [0.717, 1.165) is 47.8 Å². The van der Waals surface area contributed by atoms with Crippen LogP contribution >= 0.6 is 11.3 Å². The third-order valence-electron chi connectivity index (χ3n) is 3.97. The lowest BCUT2D eigenvalue weighted by atomic mass is 9.94. The minimum absolute atomic E-state index is 0.441. The molecule has 1 aliphatic heterocycles. The highest BCUT2D eigenvalue weighted by Gasteiger charge is 2.26. The minimum Gasteiger partial charge on any atom is -0.374 e. The van der Waals surface area contributed by atoms with Crippen LogP contribution in [0.2, 0.25) is 0 Å². The monoisotopic (exact) mass is 324 g/mol. The second kappa shape index (κ2) is 6.53. The summed E-state index contributed by atoms with van der Waals surface area (Å²) in [5, 5.41) is 5.45. The van der Waals surface area contributed by atoms with Gasteiger partial charge < -0.3 is 11.1 Å². The highest BCUT2D eigenvalue weighted by molar-refractivity contribution is 7.10. The lowest BCUT2D eigenvalue weighted by molar-refractivity contribution is 0.515. The number of amidine groups is 1. The SMILES string of the molecule is [C-]#[N+]c1cccc(-c2csc([C@@](C)(N)CC3=NCCCN3)c2)c1. The zero-order valence-electron chi connectivity index (χ0n) is 13.2. The van der Waals surface area contributed by atoms with Gasteiger partial charge >= 0.3 is 0 Å². The van der Waals surface area contributed by atoms with E-state index in [-0.39, 0.29) is 0 Å². The summed E-state index contributed by atoms with van der Waals surface area (Å²) in [5.41, 5.74) is 8.95. The van der Waals surface area contributed by atoms with E-state index >= 15 is 0 Å². The molecule has 2 aromatic rings. The Bertz CT molecular complexity index is 767. The molecule has 0 bridgehead atoms. The molecule has 0 amide bonds. The van der Waals surface area contributed by atoms with Gasteiger partial charge in [0.1, 0.15) is 0 Å². The second-order valence-electron chi connectivity index (χ2n) is 6.06. The Morgan fingerprint density at radius 2 is 2.26 bits per heavy atom. The molecule has 5 heteroatoms. The van der Waals surface area contributed by atoms with E-state index in [2.05, 4.69) is 33.5 Å². The molecule has 1 atom stereocenters. The normalized spacial score (nSPS) is 16.8. The Hall–Kier alpha value is -2.16. The van der Waals surface area contributed by atoms with Crippen molar-refractivity contribution in [1.29, 1.82) is 0 Å². The van der Waals surface area contributed by atoms with Crippen LogP contribution in [0.3, 0.4) is 0 Å². The van der Waals surface area contributed by atoms with Crippen molar-refractivity contribution in [3.63, 3.8) is 0 Å². The molecule has 0 spiro atoms. The maximum atomic E-state index is 7.14. The number of hydrogen-bond acceptors (Lipinski definition) is 4. The molecule has 1 aromatic carbocycles. The Morgan fingerprint density at radius 1 is 1.39 bits per heavy atom. The molecule has 118 valence electrons. The largest absolute Gasteiger partial charge is 0.374 e. The summed E-state index contributed by atoms with van der Waals surface area (Å²) < 4.78 is 0. The fourth-order valence-electron chi connectivity index (χ4n) is 2.68. The molecule has 3 rings (SSSR count). The number of thiophene rings is 1. The standard InChI is InChI=1S/C18H20N4S/c1-18(19,11-17-21-7-4-8-22-17)16-10-14(12-23-16)13-5-3-6-15(9-13)20-2/h3,5-6,9-10,12H,4,7-8,11,19H2,1H3,(H,21,22)/t18-/m0/s1. The van der Waals surface area contributed by atoms with Crippen molar-refractivity contribution < 1.29 is 0 Å². The van der Waals surface area contributed by atoms with Gasteiger partial charge in [0.2, 0.25) is 0 Å². The van der Waals surface area contributed by atoms with Crippen molar-refractivity contribution in [3.8, 4) is 11.1 Å². The molecule has 23 heavy (non-hydrogen) atoms. The van der Waals surface area contributed by atoms with Crippen LogP contribution in [0, 0.1) is 6.57 Å². The van der Waals surface area contributed by atoms with Crippen LogP contribution in [0.1, 0.15) is 24.6 Å². The summed E-state index contributed by atoms with van der Waals surface area (Å²) in [4.78, 5) is 9.15. The van der Waals surface area contributed by atoms with E-state index in [1.807, 2.05) is 24.3 Å². The molecule has 0 radical (unpaired) electrons. The van der Waals surface area contributed by atoms with Gasteiger partial charge in [-0.25, -0.2) is 4.85 Å². The first-order valence-corrected chi connectivity index (χ1v) is 8.59. The summed E-state index contributed by atoms with van der Waals surface area (Å²) >= 11 is 1.67. The molecule has 0 aliphatic carbocycles. The number of nitrogens with zero attached hydrogens (tertiary/aromatic N) is 2. The molecule has 0 saturated heterocycles. The van der Waals surface area contributed by atoms with Crippen LogP contribution in [-0.4, -0.2) is 18.9 Å². The van der Waals surface area contributed by atoms with Crippen LogP contribution in [-0.2, 0) is 5.54 Å². The first-order valence-electron chi connectivity index (χ1n) is 7.71. The molecule has 0 saturated carbocycles. The second-order valence-corrected chi connectivity index (χ2v) is 6.98. The van der Waals surface area contributed by atoms with Crippen LogP contribution in [0.5, 0.6) is 0 Å².